The van der Waals surface area contributed by atoms with Crippen LogP contribution in [0.2, 0.25) is 0 Å². The van der Waals surface area contributed by atoms with Gasteiger partial charge in [0.1, 0.15) is 0 Å². The molecule has 0 fully saturated rings. The van der Waals surface area contributed by atoms with Crippen LogP contribution in [0.4, 0.5) is 0 Å². The minimum Gasteiger partial charge on any atom is -0.351 e. The molecule has 2 aromatic rings. The lowest BCUT2D eigenvalue weighted by molar-refractivity contribution is -0.121. The highest BCUT2D eigenvalue weighted by atomic mass is 32.1. The second-order valence-corrected chi connectivity index (χ2v) is 7.10. The van der Waals surface area contributed by atoms with E-state index < -0.39 is 0 Å². The molecule has 0 bridgehead atoms. The summed E-state index contributed by atoms with van der Waals surface area (Å²) in [5.74, 6) is -0.0200. The second-order valence-electron chi connectivity index (χ2n) is 5.81. The van der Waals surface area contributed by atoms with Crippen molar-refractivity contribution < 1.29 is 9.59 Å². The summed E-state index contributed by atoms with van der Waals surface area (Å²) in [6.07, 6.45) is 1.20. The smallest absolute Gasteiger partial charge is 0.222 e. The van der Waals surface area contributed by atoms with Crippen LogP contribution >= 0.6 is 11.3 Å². The van der Waals surface area contributed by atoms with Crippen LogP contribution in [0.3, 0.4) is 0 Å². The third kappa shape index (κ3) is 4.08. The largest absolute Gasteiger partial charge is 0.351 e. The SMILES string of the molecule is CCc1nc(C)sc1CNC(=O)CCn1nc(C)c(C(C)=O)c1C. The van der Waals surface area contributed by atoms with Crippen molar-refractivity contribution in [1.29, 1.82) is 0 Å². The van der Waals surface area contributed by atoms with Crippen LogP contribution in [-0.2, 0) is 24.3 Å². The number of aryl methyl sites for hydroxylation is 4. The average molecular weight is 348 g/mol. The summed E-state index contributed by atoms with van der Waals surface area (Å²) in [6, 6.07) is 0. The van der Waals surface area contributed by atoms with Crippen molar-refractivity contribution >= 4 is 23.0 Å². The number of aromatic nitrogens is 3. The number of nitrogens with zero attached hydrogens (tertiary/aromatic N) is 3. The Hall–Kier alpha value is -2.02. The summed E-state index contributed by atoms with van der Waals surface area (Å²) in [4.78, 5) is 29.3. The molecule has 0 spiro atoms. The van der Waals surface area contributed by atoms with Crippen molar-refractivity contribution in [3.63, 3.8) is 0 Å². The highest BCUT2D eigenvalue weighted by Gasteiger charge is 2.16. The van der Waals surface area contributed by atoms with Gasteiger partial charge in [0.05, 0.1) is 28.5 Å². The fraction of sp³-hybridized carbons (Fsp3) is 0.529. The van der Waals surface area contributed by atoms with E-state index in [1.54, 1.807) is 16.0 Å². The van der Waals surface area contributed by atoms with Crippen LogP contribution < -0.4 is 5.32 Å². The standard InChI is InChI=1S/C17H24N4O2S/c1-6-14-15(24-13(5)19-14)9-18-16(23)7-8-21-11(3)17(12(4)22)10(2)20-21/h6-9H2,1-5H3,(H,18,23). The van der Waals surface area contributed by atoms with Crippen LogP contribution in [0.5, 0.6) is 0 Å². The summed E-state index contributed by atoms with van der Waals surface area (Å²) >= 11 is 1.63. The predicted octanol–water partition coefficient (Wildman–Crippen LogP) is 2.74. The van der Waals surface area contributed by atoms with Crippen molar-refractivity contribution in [2.45, 2.75) is 60.5 Å². The average Bonchev–Trinajstić information content (AvgIpc) is 3.02. The van der Waals surface area contributed by atoms with Crippen molar-refractivity contribution in [2.75, 3.05) is 0 Å². The van der Waals surface area contributed by atoms with Gasteiger partial charge in [0.2, 0.25) is 5.91 Å². The molecule has 7 heteroatoms. The number of thiazole rings is 1. The van der Waals surface area contributed by atoms with Gasteiger partial charge in [-0.15, -0.1) is 11.3 Å². The molecule has 0 atom stereocenters. The van der Waals surface area contributed by atoms with Gasteiger partial charge in [-0.25, -0.2) is 4.98 Å². The first-order chi connectivity index (χ1) is 11.3. The van der Waals surface area contributed by atoms with Crippen molar-refractivity contribution in [2.24, 2.45) is 0 Å². The quantitative estimate of drug-likeness (QED) is 0.781. The van der Waals surface area contributed by atoms with Gasteiger partial charge < -0.3 is 5.32 Å². The third-order valence-electron chi connectivity index (χ3n) is 3.95. The molecular weight excluding hydrogens is 324 g/mol. The highest BCUT2D eigenvalue weighted by molar-refractivity contribution is 7.11. The Balaban J connectivity index is 1.92. The van der Waals surface area contributed by atoms with Gasteiger partial charge in [0, 0.05) is 23.5 Å². The summed E-state index contributed by atoms with van der Waals surface area (Å²) in [6.45, 7) is 10.2. The summed E-state index contributed by atoms with van der Waals surface area (Å²) in [5, 5.41) is 8.33. The molecule has 24 heavy (non-hydrogen) atoms. The number of carbonyl (C=O) groups excluding carboxylic acids is 2. The highest BCUT2D eigenvalue weighted by Crippen LogP contribution is 2.18. The first-order valence-electron chi connectivity index (χ1n) is 8.10. The molecule has 130 valence electrons. The number of carbonyl (C=O) groups is 2. The minimum absolute atomic E-state index is 0.00774. The molecule has 6 nitrogen and oxygen atoms in total. The van der Waals surface area contributed by atoms with E-state index in [1.807, 2.05) is 20.8 Å². The van der Waals surface area contributed by atoms with Crippen LogP contribution in [0.15, 0.2) is 0 Å². The topological polar surface area (TPSA) is 76.9 Å². The van der Waals surface area contributed by atoms with Gasteiger partial charge in [0.15, 0.2) is 5.78 Å². The maximum atomic E-state index is 12.1. The molecule has 0 aliphatic heterocycles. The van der Waals surface area contributed by atoms with Crippen LogP contribution in [0.25, 0.3) is 0 Å². The van der Waals surface area contributed by atoms with E-state index in [1.165, 1.54) is 6.92 Å². The van der Waals surface area contributed by atoms with Crippen LogP contribution in [0.1, 0.15) is 57.6 Å². The van der Waals surface area contributed by atoms with E-state index in [4.69, 9.17) is 0 Å². The van der Waals surface area contributed by atoms with Gasteiger partial charge in [-0.3, -0.25) is 14.3 Å². The molecule has 2 rings (SSSR count). The first kappa shape index (κ1) is 18.3. The zero-order valence-corrected chi connectivity index (χ0v) is 15.7. The van der Waals surface area contributed by atoms with E-state index in [0.29, 0.717) is 30.8 Å². The molecule has 2 aromatic heterocycles. The maximum absolute atomic E-state index is 12.1. The molecule has 1 N–H and O–H groups in total. The molecule has 0 aliphatic carbocycles. The number of hydrogen-bond acceptors (Lipinski definition) is 5. The van der Waals surface area contributed by atoms with Crippen molar-refractivity contribution in [3.8, 4) is 0 Å². The number of rotatable bonds is 7. The number of Topliss-reactive ketones (excluding diaryl/α,β-unsaturated/α-hetero) is 1. The maximum Gasteiger partial charge on any atom is 0.222 e. The predicted molar refractivity (Wildman–Crippen MR) is 94.4 cm³/mol. The minimum atomic E-state index is -0.0277. The molecule has 2 heterocycles. The number of ketones is 1. The molecule has 0 aromatic carbocycles. The monoisotopic (exact) mass is 348 g/mol. The zero-order valence-electron chi connectivity index (χ0n) is 14.9. The number of amides is 1. The molecule has 0 saturated carbocycles. The Kier molecular flexibility index (Phi) is 5.88. The molecule has 1 amide bonds. The fourth-order valence-electron chi connectivity index (χ4n) is 2.83. The van der Waals surface area contributed by atoms with E-state index in [0.717, 1.165) is 27.7 Å². The van der Waals surface area contributed by atoms with Crippen molar-refractivity contribution in [3.05, 3.63) is 32.5 Å². The lowest BCUT2D eigenvalue weighted by Crippen LogP contribution is -2.24. The first-order valence-corrected chi connectivity index (χ1v) is 8.91. The Morgan fingerprint density at radius 2 is 1.96 bits per heavy atom. The fourth-order valence-corrected chi connectivity index (χ4v) is 3.79. The van der Waals surface area contributed by atoms with E-state index in [-0.39, 0.29) is 11.7 Å². The Labute approximate surface area is 146 Å². The third-order valence-corrected chi connectivity index (χ3v) is 4.96. The molecule has 0 aliphatic rings. The second kappa shape index (κ2) is 7.70. The Morgan fingerprint density at radius 1 is 1.25 bits per heavy atom. The Bertz CT molecular complexity index is 761. The molecule has 0 unspecified atom stereocenters. The Morgan fingerprint density at radius 3 is 2.54 bits per heavy atom. The lowest BCUT2D eigenvalue weighted by atomic mass is 10.1. The van der Waals surface area contributed by atoms with Gasteiger partial charge in [0.25, 0.3) is 0 Å². The van der Waals surface area contributed by atoms with E-state index >= 15 is 0 Å². The summed E-state index contributed by atoms with van der Waals surface area (Å²) in [7, 11) is 0. The summed E-state index contributed by atoms with van der Waals surface area (Å²) in [5.41, 5.74) is 3.25. The molecule has 0 radical (unpaired) electrons. The van der Waals surface area contributed by atoms with Gasteiger partial charge in [-0.1, -0.05) is 6.92 Å². The number of hydrogen-bond donors (Lipinski definition) is 1. The van der Waals surface area contributed by atoms with Gasteiger partial charge in [-0.2, -0.15) is 5.10 Å². The summed E-state index contributed by atoms with van der Waals surface area (Å²) < 4.78 is 1.74. The number of nitrogens with one attached hydrogen (secondary N) is 1. The van der Waals surface area contributed by atoms with Crippen LogP contribution in [-0.4, -0.2) is 26.5 Å². The van der Waals surface area contributed by atoms with Crippen molar-refractivity contribution in [1.82, 2.24) is 20.1 Å². The normalized spacial score (nSPS) is 10.9. The van der Waals surface area contributed by atoms with Gasteiger partial charge in [-0.05, 0) is 34.1 Å². The van der Waals surface area contributed by atoms with E-state index in [9.17, 15) is 9.59 Å². The van der Waals surface area contributed by atoms with Gasteiger partial charge >= 0.3 is 0 Å². The molecule has 0 saturated heterocycles. The zero-order chi connectivity index (χ0) is 17.9. The van der Waals surface area contributed by atoms with Crippen LogP contribution in [0, 0.1) is 20.8 Å². The lowest BCUT2D eigenvalue weighted by Gasteiger charge is -2.07. The molecular formula is C17H24N4O2S. The van der Waals surface area contributed by atoms with E-state index in [2.05, 4.69) is 22.3 Å².